The summed E-state index contributed by atoms with van der Waals surface area (Å²) in [5.41, 5.74) is 1.99. The zero-order valence-corrected chi connectivity index (χ0v) is 15.9. The van der Waals surface area contributed by atoms with Crippen molar-refractivity contribution in [3.63, 3.8) is 0 Å². The lowest BCUT2D eigenvalue weighted by molar-refractivity contribution is 0.292. The first-order valence-corrected chi connectivity index (χ1v) is 9.72. The first kappa shape index (κ1) is 19.9. The second-order valence-electron chi connectivity index (χ2n) is 6.55. The Balaban J connectivity index is 2.05. The molecule has 2 aromatic rings. The third kappa shape index (κ3) is 6.15. The van der Waals surface area contributed by atoms with Gasteiger partial charge in [0.1, 0.15) is 5.75 Å². The van der Waals surface area contributed by atoms with Crippen LogP contribution >= 0.6 is 0 Å². The molecule has 1 aromatic carbocycles. The number of aryl methyl sites for hydroxylation is 1. The highest BCUT2D eigenvalue weighted by Crippen LogP contribution is 2.27. The topological polar surface area (TPSA) is 58.8 Å². The average Bonchev–Trinajstić information content (AvgIpc) is 2.69. The molecule has 1 unspecified atom stereocenters. The minimum atomic E-state index is 0.0462. The minimum absolute atomic E-state index is 0.0462. The molecule has 138 valence electrons. The third-order valence-electron chi connectivity index (χ3n) is 4.53. The molecular formula is C22H29N3O. The summed E-state index contributed by atoms with van der Waals surface area (Å²) >= 11 is 0. The molecule has 0 radical (unpaired) electrons. The second kappa shape index (κ2) is 11.3. The van der Waals surface area contributed by atoms with Crippen LogP contribution in [0.2, 0.25) is 0 Å². The number of hydrogen-bond donors (Lipinski definition) is 0. The van der Waals surface area contributed by atoms with Gasteiger partial charge in [0, 0.05) is 17.8 Å². The van der Waals surface area contributed by atoms with Crippen molar-refractivity contribution in [1.82, 2.24) is 9.97 Å². The Hall–Kier alpha value is -2.41. The van der Waals surface area contributed by atoms with Crippen LogP contribution in [0, 0.1) is 17.2 Å². The van der Waals surface area contributed by atoms with Gasteiger partial charge in [-0.1, -0.05) is 45.2 Å². The summed E-state index contributed by atoms with van der Waals surface area (Å²) in [7, 11) is 0. The second-order valence-corrected chi connectivity index (χ2v) is 6.55. The quantitative estimate of drug-likeness (QED) is 0.495. The van der Waals surface area contributed by atoms with Gasteiger partial charge in [0.25, 0.3) is 0 Å². The van der Waals surface area contributed by atoms with Gasteiger partial charge >= 0.3 is 0 Å². The molecule has 0 saturated heterocycles. The van der Waals surface area contributed by atoms with Crippen molar-refractivity contribution < 1.29 is 4.74 Å². The SMILES string of the molecule is CCCCCCc1ccnc(-c2ccccc2OCCC(C#N)CC)n1. The van der Waals surface area contributed by atoms with E-state index in [0.29, 0.717) is 12.4 Å². The molecule has 0 bridgehead atoms. The first-order valence-electron chi connectivity index (χ1n) is 9.72. The molecule has 0 aliphatic rings. The van der Waals surface area contributed by atoms with Crippen LogP contribution in [0.4, 0.5) is 0 Å². The van der Waals surface area contributed by atoms with Crippen LogP contribution in [-0.2, 0) is 6.42 Å². The number of aromatic nitrogens is 2. The van der Waals surface area contributed by atoms with Gasteiger partial charge in [0.05, 0.1) is 18.2 Å². The van der Waals surface area contributed by atoms with Crippen LogP contribution in [0.15, 0.2) is 36.5 Å². The van der Waals surface area contributed by atoms with E-state index in [1.165, 1.54) is 19.3 Å². The monoisotopic (exact) mass is 351 g/mol. The fraction of sp³-hybridized carbons (Fsp3) is 0.500. The lowest BCUT2D eigenvalue weighted by atomic mass is 10.1. The summed E-state index contributed by atoms with van der Waals surface area (Å²) in [4.78, 5) is 9.18. The zero-order chi connectivity index (χ0) is 18.6. The van der Waals surface area contributed by atoms with Gasteiger partial charge in [-0.25, -0.2) is 9.97 Å². The Bertz CT molecular complexity index is 709. The van der Waals surface area contributed by atoms with Crippen LogP contribution in [0.25, 0.3) is 11.4 Å². The summed E-state index contributed by atoms with van der Waals surface area (Å²) < 4.78 is 5.95. The normalized spacial score (nSPS) is 11.7. The van der Waals surface area contributed by atoms with Gasteiger partial charge in [-0.2, -0.15) is 5.26 Å². The van der Waals surface area contributed by atoms with Crippen LogP contribution < -0.4 is 4.74 Å². The number of nitriles is 1. The lowest BCUT2D eigenvalue weighted by Crippen LogP contribution is -2.06. The summed E-state index contributed by atoms with van der Waals surface area (Å²) in [6.07, 6.45) is 9.32. The van der Waals surface area contributed by atoms with Gasteiger partial charge in [-0.15, -0.1) is 0 Å². The van der Waals surface area contributed by atoms with E-state index < -0.39 is 0 Å². The van der Waals surface area contributed by atoms with Crippen molar-refractivity contribution in [1.29, 1.82) is 5.26 Å². The van der Waals surface area contributed by atoms with Crippen molar-refractivity contribution in [2.24, 2.45) is 5.92 Å². The molecule has 0 amide bonds. The number of ether oxygens (including phenoxy) is 1. The molecule has 0 fully saturated rings. The number of para-hydroxylation sites is 1. The molecule has 26 heavy (non-hydrogen) atoms. The Morgan fingerprint density at radius 3 is 2.73 bits per heavy atom. The van der Waals surface area contributed by atoms with Crippen LogP contribution in [0.1, 0.15) is 58.1 Å². The predicted octanol–water partition coefficient (Wildman–Crippen LogP) is 5.59. The van der Waals surface area contributed by atoms with E-state index in [2.05, 4.69) is 18.0 Å². The summed E-state index contributed by atoms with van der Waals surface area (Å²) in [6.45, 7) is 4.78. The maximum atomic E-state index is 9.07. The molecule has 0 saturated carbocycles. The first-order chi connectivity index (χ1) is 12.8. The largest absolute Gasteiger partial charge is 0.493 e. The van der Waals surface area contributed by atoms with Crippen LogP contribution in [0.3, 0.4) is 0 Å². The summed E-state index contributed by atoms with van der Waals surface area (Å²) in [5.74, 6) is 1.54. The van der Waals surface area contributed by atoms with E-state index in [4.69, 9.17) is 15.0 Å². The Morgan fingerprint density at radius 1 is 1.12 bits per heavy atom. The smallest absolute Gasteiger partial charge is 0.163 e. The molecule has 1 aromatic heterocycles. The highest BCUT2D eigenvalue weighted by Gasteiger charge is 2.11. The number of rotatable bonds is 11. The zero-order valence-electron chi connectivity index (χ0n) is 15.9. The van der Waals surface area contributed by atoms with E-state index in [1.54, 1.807) is 0 Å². The minimum Gasteiger partial charge on any atom is -0.493 e. The predicted molar refractivity (Wildman–Crippen MR) is 105 cm³/mol. The molecule has 0 spiro atoms. The van der Waals surface area contributed by atoms with Crippen molar-refractivity contribution >= 4 is 0 Å². The summed E-state index contributed by atoms with van der Waals surface area (Å²) in [6, 6.07) is 12.2. The maximum Gasteiger partial charge on any atom is 0.163 e. The third-order valence-corrected chi connectivity index (χ3v) is 4.53. The van der Waals surface area contributed by atoms with Gasteiger partial charge in [0.15, 0.2) is 5.82 Å². The van der Waals surface area contributed by atoms with E-state index in [0.717, 1.165) is 42.7 Å². The van der Waals surface area contributed by atoms with Crippen molar-refractivity contribution in [2.45, 2.75) is 58.8 Å². The fourth-order valence-corrected chi connectivity index (χ4v) is 2.85. The molecule has 0 N–H and O–H groups in total. The molecule has 4 nitrogen and oxygen atoms in total. The Kier molecular flexibility index (Phi) is 8.62. The maximum absolute atomic E-state index is 9.07. The Morgan fingerprint density at radius 2 is 1.96 bits per heavy atom. The fourth-order valence-electron chi connectivity index (χ4n) is 2.85. The lowest BCUT2D eigenvalue weighted by Gasteiger charge is -2.12. The number of nitrogens with zero attached hydrogens (tertiary/aromatic N) is 3. The number of hydrogen-bond acceptors (Lipinski definition) is 4. The van der Waals surface area contributed by atoms with E-state index in [-0.39, 0.29) is 5.92 Å². The summed E-state index contributed by atoms with van der Waals surface area (Å²) in [5, 5.41) is 9.07. The van der Waals surface area contributed by atoms with E-state index in [9.17, 15) is 0 Å². The average molecular weight is 351 g/mol. The molecule has 0 aliphatic carbocycles. The molecule has 1 atom stereocenters. The number of benzene rings is 1. The van der Waals surface area contributed by atoms with E-state index in [1.807, 2.05) is 43.5 Å². The van der Waals surface area contributed by atoms with Crippen molar-refractivity contribution in [3.8, 4) is 23.2 Å². The standard InChI is InChI=1S/C22H29N3O/c1-3-5-6-7-10-19-13-15-24-22(25-19)20-11-8-9-12-21(20)26-16-14-18(4-2)17-23/h8-9,11-13,15,18H,3-7,10,14,16H2,1-2H3. The molecule has 4 heteroatoms. The van der Waals surface area contributed by atoms with Gasteiger partial charge in [-0.3, -0.25) is 0 Å². The highest BCUT2D eigenvalue weighted by atomic mass is 16.5. The Labute approximate surface area is 157 Å². The molecular weight excluding hydrogens is 322 g/mol. The van der Waals surface area contributed by atoms with Crippen LogP contribution in [0.5, 0.6) is 5.75 Å². The van der Waals surface area contributed by atoms with Gasteiger partial charge < -0.3 is 4.74 Å². The molecule has 1 heterocycles. The number of unbranched alkanes of at least 4 members (excludes halogenated alkanes) is 3. The van der Waals surface area contributed by atoms with Crippen molar-refractivity contribution in [3.05, 3.63) is 42.2 Å². The molecule has 0 aliphatic heterocycles. The highest BCUT2D eigenvalue weighted by molar-refractivity contribution is 5.63. The van der Waals surface area contributed by atoms with E-state index >= 15 is 0 Å². The van der Waals surface area contributed by atoms with Crippen molar-refractivity contribution in [2.75, 3.05) is 6.61 Å². The molecule has 2 rings (SSSR count). The van der Waals surface area contributed by atoms with Gasteiger partial charge in [0.2, 0.25) is 0 Å². The van der Waals surface area contributed by atoms with Gasteiger partial charge in [-0.05, 0) is 43.9 Å². The van der Waals surface area contributed by atoms with Crippen LogP contribution in [-0.4, -0.2) is 16.6 Å².